The topological polar surface area (TPSA) is 32.3 Å². The maximum Gasteiger partial charge on any atom is 0.0661 e. The second-order valence-electron chi connectivity index (χ2n) is 2.47. The molecule has 2 N–H and O–H groups in total. The average molecular weight is 113 g/mol. The van der Waals surface area contributed by atoms with Gasteiger partial charge in [-0.05, 0) is 19.5 Å². The third-order valence-corrected chi connectivity index (χ3v) is 1.47. The molecule has 1 heterocycles. The summed E-state index contributed by atoms with van der Waals surface area (Å²) in [5, 5.41) is 11.8. The molecular weight excluding hydrogens is 102 g/mol. The Hall–Kier alpha value is -0.500. The lowest BCUT2D eigenvalue weighted by Crippen LogP contribution is -2.38. The van der Waals surface area contributed by atoms with E-state index >= 15 is 0 Å². The van der Waals surface area contributed by atoms with E-state index in [1.165, 1.54) is 0 Å². The second kappa shape index (κ2) is 1.78. The highest BCUT2D eigenvalue weighted by Gasteiger charge is 2.22. The smallest absolute Gasteiger partial charge is 0.0661 e. The molecule has 0 spiro atoms. The van der Waals surface area contributed by atoms with E-state index in [9.17, 15) is 0 Å². The first-order valence-electron chi connectivity index (χ1n) is 2.80. The Labute approximate surface area is 49.2 Å². The molecule has 1 rings (SSSR count). The van der Waals surface area contributed by atoms with E-state index < -0.39 is 0 Å². The Morgan fingerprint density at radius 2 is 2.62 bits per heavy atom. The Morgan fingerprint density at radius 3 is 2.88 bits per heavy atom. The van der Waals surface area contributed by atoms with Crippen molar-refractivity contribution < 1.29 is 5.11 Å². The molecule has 0 saturated heterocycles. The van der Waals surface area contributed by atoms with E-state index in [0.29, 0.717) is 0 Å². The van der Waals surface area contributed by atoms with Gasteiger partial charge in [-0.15, -0.1) is 0 Å². The first-order valence-corrected chi connectivity index (χ1v) is 2.80. The minimum Gasteiger partial charge on any atom is -0.394 e. The van der Waals surface area contributed by atoms with Crippen LogP contribution in [0.1, 0.15) is 13.3 Å². The number of aliphatic hydroxyl groups excluding tert-OH is 1. The van der Waals surface area contributed by atoms with Gasteiger partial charge in [-0.2, -0.15) is 0 Å². The zero-order chi connectivity index (χ0) is 6.04. The molecule has 0 amide bonds. The fourth-order valence-corrected chi connectivity index (χ4v) is 0.748. The monoisotopic (exact) mass is 113 g/mol. The van der Waals surface area contributed by atoms with E-state index in [4.69, 9.17) is 5.11 Å². The van der Waals surface area contributed by atoms with Crippen LogP contribution in [0.15, 0.2) is 12.3 Å². The lowest BCUT2D eigenvalue weighted by Gasteiger charge is -2.20. The van der Waals surface area contributed by atoms with E-state index in [-0.39, 0.29) is 12.1 Å². The zero-order valence-corrected chi connectivity index (χ0v) is 5.02. The van der Waals surface area contributed by atoms with Crippen LogP contribution in [-0.4, -0.2) is 17.3 Å². The summed E-state index contributed by atoms with van der Waals surface area (Å²) in [6, 6.07) is 0. The van der Waals surface area contributed by atoms with E-state index in [1.54, 1.807) is 0 Å². The zero-order valence-electron chi connectivity index (χ0n) is 5.02. The van der Waals surface area contributed by atoms with Crippen LogP contribution in [0.25, 0.3) is 0 Å². The first kappa shape index (κ1) is 5.63. The summed E-state index contributed by atoms with van der Waals surface area (Å²) in [5.41, 5.74) is -0.0694. The summed E-state index contributed by atoms with van der Waals surface area (Å²) in [6.07, 6.45) is 4.84. The third-order valence-electron chi connectivity index (χ3n) is 1.47. The quantitative estimate of drug-likeness (QED) is 0.510. The Bertz CT molecular complexity index is 101. The summed E-state index contributed by atoms with van der Waals surface area (Å²) in [5.74, 6) is 0. The molecule has 46 valence electrons. The number of aliphatic hydroxyl groups is 1. The van der Waals surface area contributed by atoms with Gasteiger partial charge in [-0.3, -0.25) is 0 Å². The average Bonchev–Trinajstić information content (AvgIpc) is 2.17. The Balaban J connectivity index is 2.46. The van der Waals surface area contributed by atoms with Crippen LogP contribution in [0.5, 0.6) is 0 Å². The maximum absolute atomic E-state index is 8.72. The predicted octanol–water partition coefficient (Wildman–Crippen LogP) is 0.244. The lowest BCUT2D eigenvalue weighted by molar-refractivity contribution is 0.196. The van der Waals surface area contributed by atoms with Crippen molar-refractivity contribution in [1.82, 2.24) is 5.32 Å². The predicted molar refractivity (Wildman–Crippen MR) is 32.4 cm³/mol. The van der Waals surface area contributed by atoms with Gasteiger partial charge in [0.25, 0.3) is 0 Å². The molecule has 1 atom stereocenters. The minimum absolute atomic E-state index is 0.0694. The summed E-state index contributed by atoms with van der Waals surface area (Å²) in [6.45, 7) is 2.20. The summed E-state index contributed by atoms with van der Waals surface area (Å²) >= 11 is 0. The van der Waals surface area contributed by atoms with Gasteiger partial charge in [0.1, 0.15) is 0 Å². The molecule has 2 nitrogen and oxygen atoms in total. The molecule has 1 aliphatic heterocycles. The standard InChI is InChI=1S/C6H11NO/c1-6(5-8)3-2-4-7-6/h2,4,7-8H,3,5H2,1H3. The van der Waals surface area contributed by atoms with Crippen molar-refractivity contribution in [1.29, 1.82) is 0 Å². The van der Waals surface area contributed by atoms with Gasteiger partial charge in [0.15, 0.2) is 0 Å². The van der Waals surface area contributed by atoms with Gasteiger partial charge in [0.05, 0.1) is 12.1 Å². The largest absolute Gasteiger partial charge is 0.394 e. The summed E-state index contributed by atoms with van der Waals surface area (Å²) in [4.78, 5) is 0. The van der Waals surface area contributed by atoms with Crippen LogP contribution in [0.3, 0.4) is 0 Å². The Morgan fingerprint density at radius 1 is 1.88 bits per heavy atom. The molecule has 2 heteroatoms. The molecule has 0 aromatic rings. The molecule has 0 radical (unpaired) electrons. The lowest BCUT2D eigenvalue weighted by atomic mass is 10.0. The molecule has 0 aromatic carbocycles. The van der Waals surface area contributed by atoms with Crippen molar-refractivity contribution in [2.24, 2.45) is 0 Å². The molecule has 1 aliphatic rings. The number of rotatable bonds is 1. The fraction of sp³-hybridized carbons (Fsp3) is 0.667. The van der Waals surface area contributed by atoms with Crippen molar-refractivity contribution >= 4 is 0 Å². The number of hydrogen-bond donors (Lipinski definition) is 2. The maximum atomic E-state index is 8.72. The van der Waals surface area contributed by atoms with Crippen LogP contribution in [-0.2, 0) is 0 Å². The number of hydrogen-bond acceptors (Lipinski definition) is 2. The number of nitrogens with one attached hydrogen (secondary N) is 1. The highest BCUT2D eigenvalue weighted by molar-refractivity contribution is 5.03. The molecule has 1 unspecified atom stereocenters. The van der Waals surface area contributed by atoms with Crippen molar-refractivity contribution in [2.75, 3.05) is 6.61 Å². The van der Waals surface area contributed by atoms with Crippen LogP contribution < -0.4 is 5.32 Å². The first-order chi connectivity index (χ1) is 3.77. The van der Waals surface area contributed by atoms with Gasteiger partial charge in [-0.25, -0.2) is 0 Å². The van der Waals surface area contributed by atoms with Crippen LogP contribution in [0.2, 0.25) is 0 Å². The van der Waals surface area contributed by atoms with Crippen molar-refractivity contribution in [3.63, 3.8) is 0 Å². The molecule has 8 heavy (non-hydrogen) atoms. The van der Waals surface area contributed by atoms with Crippen LogP contribution in [0, 0.1) is 0 Å². The van der Waals surface area contributed by atoms with Crippen LogP contribution >= 0.6 is 0 Å². The third kappa shape index (κ3) is 0.842. The van der Waals surface area contributed by atoms with E-state index in [1.807, 2.05) is 19.2 Å². The van der Waals surface area contributed by atoms with Crippen LogP contribution in [0.4, 0.5) is 0 Å². The van der Waals surface area contributed by atoms with E-state index in [0.717, 1.165) is 6.42 Å². The minimum atomic E-state index is -0.0694. The molecular formula is C6H11NO. The SMILES string of the molecule is CC1(CO)CC=CN1. The molecule has 0 fully saturated rings. The molecule has 0 saturated carbocycles. The van der Waals surface area contributed by atoms with Crippen molar-refractivity contribution in [3.8, 4) is 0 Å². The summed E-state index contributed by atoms with van der Waals surface area (Å²) < 4.78 is 0. The normalized spacial score (nSPS) is 35.2. The van der Waals surface area contributed by atoms with Gasteiger partial charge in [0, 0.05) is 0 Å². The Kier molecular flexibility index (Phi) is 1.26. The van der Waals surface area contributed by atoms with Crippen molar-refractivity contribution in [3.05, 3.63) is 12.3 Å². The van der Waals surface area contributed by atoms with Crippen molar-refractivity contribution in [2.45, 2.75) is 18.9 Å². The second-order valence-corrected chi connectivity index (χ2v) is 2.47. The van der Waals surface area contributed by atoms with Gasteiger partial charge >= 0.3 is 0 Å². The molecule has 0 aliphatic carbocycles. The van der Waals surface area contributed by atoms with Gasteiger partial charge < -0.3 is 10.4 Å². The highest BCUT2D eigenvalue weighted by Crippen LogP contribution is 2.13. The van der Waals surface area contributed by atoms with Gasteiger partial charge in [-0.1, -0.05) is 6.08 Å². The van der Waals surface area contributed by atoms with Gasteiger partial charge in [0.2, 0.25) is 0 Å². The van der Waals surface area contributed by atoms with E-state index in [2.05, 4.69) is 5.32 Å². The highest BCUT2D eigenvalue weighted by atomic mass is 16.3. The molecule has 0 bridgehead atoms. The summed E-state index contributed by atoms with van der Waals surface area (Å²) in [7, 11) is 0. The molecule has 0 aromatic heterocycles. The fourth-order valence-electron chi connectivity index (χ4n) is 0.748.